The Kier molecular flexibility index (Phi) is 3.70. The van der Waals surface area contributed by atoms with Crippen LogP contribution in [0.25, 0.3) is 10.9 Å². The highest BCUT2D eigenvalue weighted by Gasteiger charge is 2.20. The van der Waals surface area contributed by atoms with E-state index >= 15 is 0 Å². The summed E-state index contributed by atoms with van der Waals surface area (Å²) >= 11 is 0. The van der Waals surface area contributed by atoms with Crippen LogP contribution in [-0.2, 0) is 0 Å². The number of fused-ring (bicyclic) bond motifs is 1. The van der Waals surface area contributed by atoms with E-state index in [0.717, 1.165) is 36.2 Å². The number of benzene rings is 1. The summed E-state index contributed by atoms with van der Waals surface area (Å²) in [7, 11) is 0. The third-order valence-electron chi connectivity index (χ3n) is 4.05. The first kappa shape index (κ1) is 13.8. The molecule has 1 aliphatic heterocycles. The van der Waals surface area contributed by atoms with Crippen molar-refractivity contribution in [2.45, 2.75) is 12.8 Å². The van der Waals surface area contributed by atoms with E-state index in [1.54, 1.807) is 12.1 Å². The van der Waals surface area contributed by atoms with E-state index in [9.17, 15) is 10.1 Å². The van der Waals surface area contributed by atoms with Crippen LogP contribution in [0, 0.1) is 16.0 Å². The minimum atomic E-state index is -0.385. The number of rotatable bonds is 3. The fourth-order valence-electron chi connectivity index (χ4n) is 2.86. The molecule has 0 spiro atoms. The minimum Gasteiger partial charge on any atom is -0.356 e. The highest BCUT2D eigenvalue weighted by atomic mass is 16.6. The maximum Gasteiger partial charge on any atom is 0.270 e. The molecule has 0 aliphatic carbocycles. The molecule has 0 bridgehead atoms. The molecule has 1 atom stereocenters. The largest absolute Gasteiger partial charge is 0.356 e. The lowest BCUT2D eigenvalue weighted by Crippen LogP contribution is -2.38. The van der Waals surface area contributed by atoms with Gasteiger partial charge in [0, 0.05) is 30.6 Å². The monoisotopic (exact) mass is 286 g/mol. The lowest BCUT2D eigenvalue weighted by molar-refractivity contribution is -0.384. The first-order valence-corrected chi connectivity index (χ1v) is 7.17. The second-order valence-corrected chi connectivity index (χ2v) is 5.49. The van der Waals surface area contributed by atoms with Gasteiger partial charge in [-0.05, 0) is 43.5 Å². The molecule has 1 aliphatic rings. The number of anilines is 1. The van der Waals surface area contributed by atoms with Crippen LogP contribution in [0.1, 0.15) is 12.8 Å². The molecule has 3 rings (SSSR count). The molecule has 2 N–H and O–H groups in total. The minimum absolute atomic E-state index is 0.0956. The van der Waals surface area contributed by atoms with Crippen LogP contribution in [0.15, 0.2) is 30.3 Å². The number of pyridine rings is 1. The number of nitro benzene ring substituents is 1. The lowest BCUT2D eigenvalue weighted by Gasteiger charge is -2.33. The van der Waals surface area contributed by atoms with Gasteiger partial charge in [-0.3, -0.25) is 10.1 Å². The Hall–Kier alpha value is -2.21. The third kappa shape index (κ3) is 2.80. The van der Waals surface area contributed by atoms with Crippen molar-refractivity contribution >= 4 is 22.4 Å². The third-order valence-corrected chi connectivity index (χ3v) is 4.05. The van der Waals surface area contributed by atoms with E-state index in [1.807, 2.05) is 12.1 Å². The lowest BCUT2D eigenvalue weighted by atomic mass is 9.98. The second-order valence-electron chi connectivity index (χ2n) is 5.49. The van der Waals surface area contributed by atoms with Crippen LogP contribution in [-0.4, -0.2) is 29.5 Å². The average Bonchev–Trinajstić information content (AvgIpc) is 2.53. The molecular formula is C15H18N4O2. The highest BCUT2D eigenvalue weighted by molar-refractivity contribution is 5.82. The van der Waals surface area contributed by atoms with Crippen LogP contribution in [0.5, 0.6) is 0 Å². The van der Waals surface area contributed by atoms with Crippen molar-refractivity contribution in [1.29, 1.82) is 0 Å². The predicted molar refractivity (Wildman–Crippen MR) is 82.4 cm³/mol. The van der Waals surface area contributed by atoms with Gasteiger partial charge in [-0.1, -0.05) is 0 Å². The Morgan fingerprint density at radius 1 is 1.38 bits per heavy atom. The Balaban J connectivity index is 1.90. The van der Waals surface area contributed by atoms with Crippen LogP contribution in [0.4, 0.5) is 11.5 Å². The average molecular weight is 286 g/mol. The summed E-state index contributed by atoms with van der Waals surface area (Å²) in [5.41, 5.74) is 6.65. The molecule has 1 fully saturated rings. The molecule has 2 aromatic rings. The summed E-state index contributed by atoms with van der Waals surface area (Å²) in [6, 6.07) is 8.60. The van der Waals surface area contributed by atoms with Crippen molar-refractivity contribution in [2.75, 3.05) is 24.5 Å². The molecule has 1 saturated heterocycles. The van der Waals surface area contributed by atoms with Gasteiger partial charge in [-0.15, -0.1) is 0 Å². The molecule has 0 saturated carbocycles. The Bertz CT molecular complexity index is 674. The number of hydrogen-bond acceptors (Lipinski definition) is 5. The number of nitrogens with zero attached hydrogens (tertiary/aromatic N) is 3. The van der Waals surface area contributed by atoms with Gasteiger partial charge in [0.1, 0.15) is 5.82 Å². The molecule has 1 aromatic heterocycles. The van der Waals surface area contributed by atoms with E-state index in [1.165, 1.54) is 12.5 Å². The van der Waals surface area contributed by atoms with Crippen molar-refractivity contribution in [1.82, 2.24) is 4.98 Å². The van der Waals surface area contributed by atoms with Crippen molar-refractivity contribution in [3.8, 4) is 0 Å². The molecule has 6 nitrogen and oxygen atoms in total. The maximum absolute atomic E-state index is 10.8. The summed E-state index contributed by atoms with van der Waals surface area (Å²) < 4.78 is 0. The van der Waals surface area contributed by atoms with E-state index in [4.69, 9.17) is 5.73 Å². The molecule has 1 aromatic carbocycles. The first-order chi connectivity index (χ1) is 10.2. The van der Waals surface area contributed by atoms with Gasteiger partial charge in [-0.2, -0.15) is 0 Å². The summed E-state index contributed by atoms with van der Waals surface area (Å²) in [6.07, 6.45) is 2.30. The number of nitrogens with two attached hydrogens (primary N) is 1. The molecule has 0 amide bonds. The zero-order valence-corrected chi connectivity index (χ0v) is 11.7. The second kappa shape index (κ2) is 5.65. The van der Waals surface area contributed by atoms with Crippen molar-refractivity contribution in [3.05, 3.63) is 40.4 Å². The summed E-state index contributed by atoms with van der Waals surface area (Å²) in [4.78, 5) is 17.3. The number of piperidine rings is 1. The number of hydrogen-bond donors (Lipinski definition) is 1. The molecular weight excluding hydrogens is 268 g/mol. The normalized spacial score (nSPS) is 18.9. The topological polar surface area (TPSA) is 85.3 Å². The van der Waals surface area contributed by atoms with Gasteiger partial charge in [-0.25, -0.2) is 4.98 Å². The van der Waals surface area contributed by atoms with Crippen LogP contribution < -0.4 is 10.6 Å². The van der Waals surface area contributed by atoms with Gasteiger partial charge >= 0.3 is 0 Å². The highest BCUT2D eigenvalue weighted by Crippen LogP contribution is 2.25. The van der Waals surface area contributed by atoms with Gasteiger partial charge in [0.25, 0.3) is 5.69 Å². The fraction of sp³-hybridized carbons (Fsp3) is 0.400. The Morgan fingerprint density at radius 2 is 2.24 bits per heavy atom. The van der Waals surface area contributed by atoms with Gasteiger partial charge in [0.15, 0.2) is 0 Å². The fourth-order valence-corrected chi connectivity index (χ4v) is 2.86. The zero-order chi connectivity index (χ0) is 14.8. The van der Waals surface area contributed by atoms with E-state index in [0.29, 0.717) is 12.5 Å². The quantitative estimate of drug-likeness (QED) is 0.691. The molecule has 6 heteroatoms. The maximum atomic E-state index is 10.8. The van der Waals surface area contributed by atoms with Crippen LogP contribution in [0.2, 0.25) is 0 Å². The van der Waals surface area contributed by atoms with Crippen LogP contribution in [0.3, 0.4) is 0 Å². The van der Waals surface area contributed by atoms with Crippen molar-refractivity contribution in [3.63, 3.8) is 0 Å². The molecule has 1 unspecified atom stereocenters. The molecule has 2 heterocycles. The molecule has 0 radical (unpaired) electrons. The number of non-ortho nitro benzene ring substituents is 1. The first-order valence-electron chi connectivity index (χ1n) is 7.17. The summed E-state index contributed by atoms with van der Waals surface area (Å²) in [5, 5.41) is 11.6. The molecule has 21 heavy (non-hydrogen) atoms. The van der Waals surface area contributed by atoms with E-state index in [-0.39, 0.29) is 10.6 Å². The van der Waals surface area contributed by atoms with Crippen molar-refractivity contribution in [2.24, 2.45) is 11.7 Å². The smallest absolute Gasteiger partial charge is 0.270 e. The summed E-state index contributed by atoms with van der Waals surface area (Å²) in [5.74, 6) is 1.45. The Labute approximate surface area is 122 Å². The van der Waals surface area contributed by atoms with Gasteiger partial charge in [0.05, 0.1) is 10.4 Å². The standard InChI is InChI=1S/C15H18N4O2/c16-9-11-2-1-7-18(10-11)15-6-3-12-8-13(19(20)21)4-5-14(12)17-15/h3-6,8,11H,1-2,7,9-10,16H2. The van der Waals surface area contributed by atoms with Crippen molar-refractivity contribution < 1.29 is 4.92 Å². The van der Waals surface area contributed by atoms with Gasteiger partial charge in [0.2, 0.25) is 0 Å². The predicted octanol–water partition coefficient (Wildman–Crippen LogP) is 2.32. The van der Waals surface area contributed by atoms with E-state index in [2.05, 4.69) is 9.88 Å². The number of aromatic nitrogens is 1. The number of nitro groups is 1. The molecule has 110 valence electrons. The summed E-state index contributed by atoms with van der Waals surface area (Å²) in [6.45, 7) is 2.63. The van der Waals surface area contributed by atoms with Crippen LogP contribution >= 0.6 is 0 Å². The van der Waals surface area contributed by atoms with E-state index < -0.39 is 0 Å². The zero-order valence-electron chi connectivity index (χ0n) is 11.7. The Morgan fingerprint density at radius 3 is 3.00 bits per heavy atom. The SMILES string of the molecule is NCC1CCCN(c2ccc3cc([N+](=O)[O-])ccc3n2)C1. The van der Waals surface area contributed by atoms with Gasteiger partial charge < -0.3 is 10.6 Å².